The minimum Gasteiger partial charge on any atom is -0.334 e. The van der Waals surface area contributed by atoms with Gasteiger partial charge < -0.3 is 4.90 Å². The zero-order valence-corrected chi connectivity index (χ0v) is 11.6. The minimum absolute atomic E-state index is 0.0117. The first-order chi connectivity index (χ1) is 8.93. The number of rotatable bonds is 4. The van der Waals surface area contributed by atoms with Gasteiger partial charge in [-0.05, 0) is 12.0 Å². The highest BCUT2D eigenvalue weighted by Gasteiger charge is 2.39. The SMILES string of the molecule is CCC(c1ccccc1)N1CC(S(N)(=O)=O)CC1=O. The molecule has 1 aliphatic rings. The van der Waals surface area contributed by atoms with E-state index < -0.39 is 15.3 Å². The van der Waals surface area contributed by atoms with Gasteiger partial charge in [0.05, 0.1) is 6.04 Å². The van der Waals surface area contributed by atoms with Gasteiger partial charge in [-0.15, -0.1) is 0 Å². The van der Waals surface area contributed by atoms with Gasteiger partial charge in [-0.2, -0.15) is 0 Å². The quantitative estimate of drug-likeness (QED) is 0.895. The molecule has 0 aromatic heterocycles. The van der Waals surface area contributed by atoms with E-state index >= 15 is 0 Å². The van der Waals surface area contributed by atoms with E-state index in [0.717, 1.165) is 12.0 Å². The second-order valence-corrected chi connectivity index (χ2v) is 6.64. The summed E-state index contributed by atoms with van der Waals surface area (Å²) in [6.45, 7) is 2.17. The van der Waals surface area contributed by atoms with Gasteiger partial charge in [-0.1, -0.05) is 37.3 Å². The van der Waals surface area contributed by atoms with Crippen LogP contribution in [0, 0.1) is 0 Å². The number of likely N-dealkylation sites (tertiary alicyclic amines) is 1. The highest BCUT2D eigenvalue weighted by Crippen LogP contribution is 2.30. The molecule has 1 aliphatic heterocycles. The third-order valence-corrected chi connectivity index (χ3v) is 4.78. The van der Waals surface area contributed by atoms with Crippen molar-refractivity contribution in [3.05, 3.63) is 35.9 Å². The molecular formula is C13H18N2O3S. The van der Waals surface area contributed by atoms with Crippen molar-refractivity contribution in [3.63, 3.8) is 0 Å². The van der Waals surface area contributed by atoms with E-state index in [2.05, 4.69) is 0 Å². The maximum atomic E-state index is 12.0. The highest BCUT2D eigenvalue weighted by molar-refractivity contribution is 7.89. The van der Waals surface area contributed by atoms with Crippen LogP contribution in [-0.2, 0) is 14.8 Å². The zero-order chi connectivity index (χ0) is 14.0. The number of nitrogens with two attached hydrogens (primary N) is 1. The first-order valence-corrected chi connectivity index (χ1v) is 7.90. The van der Waals surface area contributed by atoms with E-state index in [1.165, 1.54) is 0 Å². The Bertz CT molecular complexity index is 557. The second-order valence-electron chi connectivity index (χ2n) is 4.80. The van der Waals surface area contributed by atoms with Crippen molar-refractivity contribution < 1.29 is 13.2 Å². The summed E-state index contributed by atoms with van der Waals surface area (Å²) in [5.74, 6) is -0.144. The summed E-state index contributed by atoms with van der Waals surface area (Å²) in [6.07, 6.45) is 0.731. The molecule has 2 atom stereocenters. The van der Waals surface area contributed by atoms with E-state index in [0.29, 0.717) is 0 Å². The lowest BCUT2D eigenvalue weighted by Gasteiger charge is -2.27. The lowest BCUT2D eigenvalue weighted by atomic mass is 10.0. The Balaban J connectivity index is 2.24. The molecule has 0 spiro atoms. The van der Waals surface area contributed by atoms with Gasteiger partial charge in [0.15, 0.2) is 0 Å². The molecule has 1 saturated heterocycles. The van der Waals surface area contributed by atoms with E-state index in [4.69, 9.17) is 5.14 Å². The van der Waals surface area contributed by atoms with Crippen LogP contribution in [0.25, 0.3) is 0 Å². The Morgan fingerprint density at radius 2 is 2.00 bits per heavy atom. The predicted molar refractivity (Wildman–Crippen MR) is 72.7 cm³/mol. The molecule has 6 heteroatoms. The summed E-state index contributed by atoms with van der Waals surface area (Å²) in [4.78, 5) is 13.6. The Morgan fingerprint density at radius 1 is 1.37 bits per heavy atom. The largest absolute Gasteiger partial charge is 0.334 e. The number of hydrogen-bond donors (Lipinski definition) is 1. The normalized spacial score (nSPS) is 21.7. The van der Waals surface area contributed by atoms with Crippen LogP contribution in [0.4, 0.5) is 0 Å². The molecule has 0 bridgehead atoms. The molecule has 2 unspecified atom stereocenters. The van der Waals surface area contributed by atoms with E-state index in [-0.39, 0.29) is 24.9 Å². The van der Waals surface area contributed by atoms with E-state index in [9.17, 15) is 13.2 Å². The number of carbonyl (C=O) groups excluding carboxylic acids is 1. The smallest absolute Gasteiger partial charge is 0.224 e. The lowest BCUT2D eigenvalue weighted by molar-refractivity contribution is -0.129. The predicted octanol–water partition coefficient (Wildman–Crippen LogP) is 1.03. The standard InChI is InChI=1S/C13H18N2O3S/c1-2-12(10-6-4-3-5-7-10)15-9-11(8-13(15)16)19(14,17)18/h3-7,11-12H,2,8-9H2,1H3,(H2,14,17,18). The van der Waals surface area contributed by atoms with Crippen LogP contribution in [0.2, 0.25) is 0 Å². The molecule has 2 N–H and O–H groups in total. The summed E-state index contributed by atoms with van der Waals surface area (Å²) in [6, 6.07) is 9.55. The molecule has 1 fully saturated rings. The Labute approximate surface area is 113 Å². The van der Waals surface area contributed by atoms with E-state index in [1.54, 1.807) is 4.90 Å². The summed E-state index contributed by atoms with van der Waals surface area (Å²) >= 11 is 0. The summed E-state index contributed by atoms with van der Waals surface area (Å²) < 4.78 is 22.7. The van der Waals surface area contributed by atoms with Gasteiger partial charge in [-0.25, -0.2) is 13.6 Å². The van der Waals surface area contributed by atoms with Crippen LogP contribution in [0.3, 0.4) is 0 Å². The monoisotopic (exact) mass is 282 g/mol. The molecule has 19 heavy (non-hydrogen) atoms. The molecular weight excluding hydrogens is 264 g/mol. The van der Waals surface area contributed by atoms with Crippen molar-refractivity contribution in [1.29, 1.82) is 0 Å². The molecule has 1 aromatic rings. The average molecular weight is 282 g/mol. The third-order valence-electron chi connectivity index (χ3n) is 3.53. The molecule has 1 heterocycles. The number of carbonyl (C=O) groups is 1. The van der Waals surface area contributed by atoms with Crippen LogP contribution < -0.4 is 5.14 Å². The molecule has 0 radical (unpaired) electrons. The fraction of sp³-hybridized carbons (Fsp3) is 0.462. The molecule has 1 amide bonds. The number of primary sulfonamides is 1. The second kappa shape index (κ2) is 5.30. The maximum absolute atomic E-state index is 12.0. The van der Waals surface area contributed by atoms with Gasteiger partial charge in [0, 0.05) is 13.0 Å². The molecule has 1 aromatic carbocycles. The van der Waals surface area contributed by atoms with Gasteiger partial charge in [-0.3, -0.25) is 4.79 Å². The maximum Gasteiger partial charge on any atom is 0.224 e. The summed E-state index contributed by atoms with van der Waals surface area (Å²) in [7, 11) is -3.65. The first-order valence-electron chi connectivity index (χ1n) is 6.29. The van der Waals surface area contributed by atoms with Crippen molar-refractivity contribution >= 4 is 15.9 Å². The van der Waals surface area contributed by atoms with Gasteiger partial charge >= 0.3 is 0 Å². The molecule has 104 valence electrons. The minimum atomic E-state index is -3.65. The van der Waals surface area contributed by atoms with E-state index in [1.807, 2.05) is 37.3 Å². The van der Waals surface area contributed by atoms with Crippen molar-refractivity contribution in [2.24, 2.45) is 5.14 Å². The first kappa shape index (κ1) is 14.0. The average Bonchev–Trinajstić information content (AvgIpc) is 2.74. The van der Waals surface area contributed by atoms with Crippen LogP contribution in [-0.4, -0.2) is 31.0 Å². The Kier molecular flexibility index (Phi) is 3.91. The topological polar surface area (TPSA) is 80.5 Å². The van der Waals surface area contributed by atoms with Gasteiger partial charge in [0.25, 0.3) is 0 Å². The fourth-order valence-electron chi connectivity index (χ4n) is 2.53. The Hall–Kier alpha value is -1.40. The number of sulfonamides is 1. The van der Waals surface area contributed by atoms with Crippen molar-refractivity contribution in [3.8, 4) is 0 Å². The Morgan fingerprint density at radius 3 is 2.47 bits per heavy atom. The lowest BCUT2D eigenvalue weighted by Crippen LogP contribution is -2.34. The summed E-state index contributed by atoms with van der Waals surface area (Å²) in [5, 5.41) is 4.36. The van der Waals surface area contributed by atoms with Crippen molar-refractivity contribution in [2.45, 2.75) is 31.1 Å². The number of benzene rings is 1. The van der Waals surface area contributed by atoms with Crippen LogP contribution in [0.5, 0.6) is 0 Å². The number of amides is 1. The van der Waals surface area contributed by atoms with Crippen molar-refractivity contribution in [2.75, 3.05) is 6.54 Å². The molecule has 2 rings (SSSR count). The van der Waals surface area contributed by atoms with Gasteiger partial charge in [0.1, 0.15) is 5.25 Å². The van der Waals surface area contributed by atoms with Crippen molar-refractivity contribution in [1.82, 2.24) is 4.90 Å². The number of nitrogens with zero attached hydrogens (tertiary/aromatic N) is 1. The van der Waals surface area contributed by atoms with Crippen LogP contribution >= 0.6 is 0 Å². The zero-order valence-electron chi connectivity index (χ0n) is 10.8. The van der Waals surface area contributed by atoms with Gasteiger partial charge in [0.2, 0.25) is 15.9 Å². The highest BCUT2D eigenvalue weighted by atomic mass is 32.2. The number of hydrogen-bond acceptors (Lipinski definition) is 3. The van der Waals surface area contributed by atoms with Crippen LogP contribution in [0.1, 0.15) is 31.4 Å². The fourth-order valence-corrected chi connectivity index (χ4v) is 3.27. The molecule has 0 aliphatic carbocycles. The third kappa shape index (κ3) is 2.96. The summed E-state index contributed by atoms with van der Waals surface area (Å²) in [5.41, 5.74) is 1.02. The van der Waals surface area contributed by atoms with Crippen LogP contribution in [0.15, 0.2) is 30.3 Å². The molecule has 0 saturated carbocycles. The molecule has 5 nitrogen and oxygen atoms in total.